The number of fused-ring (bicyclic) bond motifs is 1. The van der Waals surface area contributed by atoms with E-state index in [2.05, 4.69) is 44.2 Å². The van der Waals surface area contributed by atoms with Crippen molar-refractivity contribution in [1.29, 1.82) is 0 Å². The highest BCUT2D eigenvalue weighted by Gasteiger charge is 2.15. The summed E-state index contributed by atoms with van der Waals surface area (Å²) in [6.07, 6.45) is 0. The summed E-state index contributed by atoms with van der Waals surface area (Å²) in [7, 11) is 0. The van der Waals surface area contributed by atoms with Crippen LogP contribution in [0.15, 0.2) is 36.4 Å². The van der Waals surface area contributed by atoms with E-state index >= 15 is 0 Å². The number of rotatable bonds is 1. The molecule has 0 aliphatic carbocycles. The van der Waals surface area contributed by atoms with Crippen LogP contribution >= 0.6 is 0 Å². The van der Waals surface area contributed by atoms with Crippen LogP contribution < -0.4 is 9.47 Å². The molecule has 17 heavy (non-hydrogen) atoms. The SMILES string of the molecule is Cc1cccc(C)c1-c1ccc2c(c1)OCO2. The second kappa shape index (κ2) is 3.81. The predicted molar refractivity (Wildman–Crippen MR) is 67.5 cm³/mol. The molecule has 2 aromatic rings. The van der Waals surface area contributed by atoms with Gasteiger partial charge in [0.15, 0.2) is 11.5 Å². The van der Waals surface area contributed by atoms with Crippen molar-refractivity contribution in [1.82, 2.24) is 0 Å². The Morgan fingerprint density at radius 3 is 2.35 bits per heavy atom. The van der Waals surface area contributed by atoms with Crippen LogP contribution in [0.1, 0.15) is 11.1 Å². The van der Waals surface area contributed by atoms with Crippen LogP contribution in [0.25, 0.3) is 11.1 Å². The van der Waals surface area contributed by atoms with Gasteiger partial charge >= 0.3 is 0 Å². The Hall–Kier alpha value is -1.96. The van der Waals surface area contributed by atoms with Crippen molar-refractivity contribution in [2.45, 2.75) is 13.8 Å². The van der Waals surface area contributed by atoms with Crippen LogP contribution in [0.2, 0.25) is 0 Å². The first-order chi connectivity index (χ1) is 8.25. The van der Waals surface area contributed by atoms with E-state index in [-0.39, 0.29) is 0 Å². The van der Waals surface area contributed by atoms with Crippen LogP contribution in [0, 0.1) is 13.8 Å². The van der Waals surface area contributed by atoms with Gasteiger partial charge in [0.05, 0.1) is 0 Å². The van der Waals surface area contributed by atoms with E-state index in [4.69, 9.17) is 9.47 Å². The number of aryl methyl sites for hydroxylation is 2. The molecular weight excluding hydrogens is 212 g/mol. The fourth-order valence-corrected chi connectivity index (χ4v) is 2.32. The molecule has 0 fully saturated rings. The molecule has 2 heteroatoms. The molecule has 1 aliphatic rings. The topological polar surface area (TPSA) is 18.5 Å². The Bertz CT molecular complexity index is 553. The standard InChI is InChI=1S/C15H14O2/c1-10-4-3-5-11(2)15(10)12-6-7-13-14(8-12)17-9-16-13/h3-8H,9H2,1-2H3. The lowest BCUT2D eigenvalue weighted by Gasteiger charge is -2.10. The van der Waals surface area contributed by atoms with Crippen LogP contribution in [0.3, 0.4) is 0 Å². The van der Waals surface area contributed by atoms with Crippen molar-refractivity contribution in [3.63, 3.8) is 0 Å². The molecule has 0 aromatic heterocycles. The predicted octanol–water partition coefficient (Wildman–Crippen LogP) is 3.70. The summed E-state index contributed by atoms with van der Waals surface area (Å²) in [6, 6.07) is 12.5. The summed E-state index contributed by atoms with van der Waals surface area (Å²) in [6.45, 7) is 4.59. The molecule has 0 unspecified atom stereocenters. The molecular formula is C15H14O2. The first-order valence-electron chi connectivity index (χ1n) is 5.72. The number of ether oxygens (including phenoxy) is 2. The van der Waals surface area contributed by atoms with Gasteiger partial charge in [0.1, 0.15) is 0 Å². The Balaban J connectivity index is 2.16. The zero-order valence-electron chi connectivity index (χ0n) is 9.99. The fourth-order valence-electron chi connectivity index (χ4n) is 2.32. The lowest BCUT2D eigenvalue weighted by molar-refractivity contribution is 0.174. The van der Waals surface area contributed by atoms with E-state index in [1.54, 1.807) is 0 Å². The van der Waals surface area contributed by atoms with Crippen molar-refractivity contribution in [2.24, 2.45) is 0 Å². The first kappa shape index (κ1) is 10.2. The molecule has 2 nitrogen and oxygen atoms in total. The van der Waals surface area contributed by atoms with Crippen LogP contribution in [-0.4, -0.2) is 6.79 Å². The van der Waals surface area contributed by atoms with Gasteiger partial charge in [-0.15, -0.1) is 0 Å². The molecule has 0 spiro atoms. The largest absolute Gasteiger partial charge is 0.454 e. The smallest absolute Gasteiger partial charge is 0.231 e. The lowest BCUT2D eigenvalue weighted by Crippen LogP contribution is -1.92. The average molecular weight is 226 g/mol. The maximum absolute atomic E-state index is 5.42. The molecule has 1 heterocycles. The number of hydrogen-bond acceptors (Lipinski definition) is 2. The summed E-state index contributed by atoms with van der Waals surface area (Å²) in [5.74, 6) is 1.67. The van der Waals surface area contributed by atoms with Crippen molar-refractivity contribution in [3.8, 4) is 22.6 Å². The van der Waals surface area contributed by atoms with Gasteiger partial charge in [0.25, 0.3) is 0 Å². The van der Waals surface area contributed by atoms with Gasteiger partial charge in [0, 0.05) is 0 Å². The summed E-state index contributed by atoms with van der Waals surface area (Å²) in [4.78, 5) is 0. The third kappa shape index (κ3) is 1.66. The average Bonchev–Trinajstić information content (AvgIpc) is 2.76. The molecule has 1 aliphatic heterocycles. The first-order valence-corrected chi connectivity index (χ1v) is 5.72. The van der Waals surface area contributed by atoms with E-state index in [1.807, 2.05) is 6.07 Å². The van der Waals surface area contributed by atoms with Gasteiger partial charge in [-0.1, -0.05) is 24.3 Å². The summed E-state index contributed by atoms with van der Waals surface area (Å²) < 4.78 is 10.7. The lowest BCUT2D eigenvalue weighted by atomic mass is 9.96. The van der Waals surface area contributed by atoms with E-state index in [1.165, 1.54) is 22.3 Å². The fraction of sp³-hybridized carbons (Fsp3) is 0.200. The molecule has 0 bridgehead atoms. The zero-order chi connectivity index (χ0) is 11.8. The zero-order valence-corrected chi connectivity index (χ0v) is 9.99. The Kier molecular flexibility index (Phi) is 2.29. The van der Waals surface area contributed by atoms with Crippen molar-refractivity contribution < 1.29 is 9.47 Å². The number of hydrogen-bond donors (Lipinski definition) is 0. The van der Waals surface area contributed by atoms with Crippen LogP contribution in [0.4, 0.5) is 0 Å². The minimum Gasteiger partial charge on any atom is -0.454 e. The Morgan fingerprint density at radius 1 is 0.882 bits per heavy atom. The second-order valence-electron chi connectivity index (χ2n) is 4.33. The minimum atomic E-state index is 0.325. The molecule has 0 N–H and O–H groups in total. The van der Waals surface area contributed by atoms with Gasteiger partial charge < -0.3 is 9.47 Å². The van der Waals surface area contributed by atoms with Gasteiger partial charge in [-0.25, -0.2) is 0 Å². The Morgan fingerprint density at radius 2 is 1.59 bits per heavy atom. The van der Waals surface area contributed by atoms with Gasteiger partial charge in [-0.05, 0) is 48.2 Å². The van der Waals surface area contributed by atoms with Crippen molar-refractivity contribution in [2.75, 3.05) is 6.79 Å². The Labute approximate surface area is 101 Å². The van der Waals surface area contributed by atoms with Crippen LogP contribution in [-0.2, 0) is 0 Å². The highest BCUT2D eigenvalue weighted by Crippen LogP contribution is 2.37. The molecule has 0 radical (unpaired) electrons. The highest BCUT2D eigenvalue weighted by molar-refractivity contribution is 5.73. The highest BCUT2D eigenvalue weighted by atomic mass is 16.7. The molecule has 0 atom stereocenters. The third-order valence-corrected chi connectivity index (χ3v) is 3.14. The summed E-state index contributed by atoms with van der Waals surface area (Å²) in [5, 5.41) is 0. The summed E-state index contributed by atoms with van der Waals surface area (Å²) >= 11 is 0. The molecule has 86 valence electrons. The van der Waals surface area contributed by atoms with Crippen molar-refractivity contribution in [3.05, 3.63) is 47.5 Å². The van der Waals surface area contributed by atoms with E-state index < -0.39 is 0 Å². The van der Waals surface area contributed by atoms with E-state index in [0.29, 0.717) is 6.79 Å². The third-order valence-electron chi connectivity index (χ3n) is 3.14. The molecule has 0 amide bonds. The van der Waals surface area contributed by atoms with Gasteiger partial charge in [-0.3, -0.25) is 0 Å². The van der Waals surface area contributed by atoms with E-state index in [0.717, 1.165) is 11.5 Å². The minimum absolute atomic E-state index is 0.325. The normalized spacial score (nSPS) is 12.8. The van der Waals surface area contributed by atoms with Crippen LogP contribution in [0.5, 0.6) is 11.5 Å². The molecule has 2 aromatic carbocycles. The van der Waals surface area contributed by atoms with Gasteiger partial charge in [-0.2, -0.15) is 0 Å². The monoisotopic (exact) mass is 226 g/mol. The van der Waals surface area contributed by atoms with Crippen molar-refractivity contribution >= 4 is 0 Å². The molecule has 3 rings (SSSR count). The van der Waals surface area contributed by atoms with Gasteiger partial charge in [0.2, 0.25) is 6.79 Å². The second-order valence-corrected chi connectivity index (χ2v) is 4.33. The number of benzene rings is 2. The molecule has 0 saturated carbocycles. The maximum atomic E-state index is 5.42. The van der Waals surface area contributed by atoms with E-state index in [9.17, 15) is 0 Å². The quantitative estimate of drug-likeness (QED) is 0.738. The summed E-state index contributed by atoms with van der Waals surface area (Å²) in [5.41, 5.74) is 5.03. The molecule has 0 saturated heterocycles. The maximum Gasteiger partial charge on any atom is 0.231 e.